The van der Waals surface area contributed by atoms with Crippen LogP contribution >= 0.6 is 0 Å². The smallest absolute Gasteiger partial charge is 0.238 e. The molecule has 1 aliphatic rings. The molecule has 3 nitrogen and oxygen atoms in total. The summed E-state index contributed by atoms with van der Waals surface area (Å²) in [5.74, 6) is -0.440. The van der Waals surface area contributed by atoms with Crippen LogP contribution in [-0.2, 0) is 15.6 Å². The summed E-state index contributed by atoms with van der Waals surface area (Å²) in [5.41, 5.74) is 0. The quantitative estimate of drug-likeness (QED) is 0.841. The second-order valence-electron chi connectivity index (χ2n) is 4.43. The van der Waals surface area contributed by atoms with Crippen molar-refractivity contribution in [1.82, 2.24) is 4.90 Å². The van der Waals surface area contributed by atoms with Crippen LogP contribution in [0.15, 0.2) is 29.2 Å². The number of carbonyl (C=O) groups excluding carboxylic acids is 1. The zero-order valence-corrected chi connectivity index (χ0v) is 11.1. The fourth-order valence-electron chi connectivity index (χ4n) is 2.06. The van der Waals surface area contributed by atoms with Crippen molar-refractivity contribution in [3.8, 4) is 0 Å². The summed E-state index contributed by atoms with van der Waals surface area (Å²) in [7, 11) is -1.42. The van der Waals surface area contributed by atoms with E-state index in [1.54, 1.807) is 11.8 Å². The van der Waals surface area contributed by atoms with Gasteiger partial charge >= 0.3 is 0 Å². The molecule has 1 heterocycles. The molecule has 18 heavy (non-hydrogen) atoms. The molecule has 0 spiro atoms. The molecule has 0 saturated carbocycles. The van der Waals surface area contributed by atoms with Gasteiger partial charge in [-0.3, -0.25) is 9.00 Å². The monoisotopic (exact) mass is 269 g/mol. The van der Waals surface area contributed by atoms with Gasteiger partial charge in [0.05, 0.1) is 10.8 Å². The van der Waals surface area contributed by atoms with Crippen molar-refractivity contribution in [3.63, 3.8) is 0 Å². The van der Waals surface area contributed by atoms with Crippen molar-refractivity contribution in [1.29, 1.82) is 0 Å². The average molecular weight is 269 g/mol. The minimum Gasteiger partial charge on any atom is -0.342 e. The molecule has 1 fully saturated rings. The maximum absolute atomic E-state index is 12.8. The first-order chi connectivity index (χ1) is 8.59. The molecule has 2 atom stereocenters. The van der Waals surface area contributed by atoms with Gasteiger partial charge in [0.25, 0.3) is 0 Å². The maximum Gasteiger partial charge on any atom is 0.238 e. The molecule has 1 aliphatic heterocycles. The summed E-state index contributed by atoms with van der Waals surface area (Å²) in [5, 5.41) is -0.575. The van der Waals surface area contributed by atoms with Crippen LogP contribution in [0.5, 0.6) is 0 Å². The lowest BCUT2D eigenvalue weighted by Crippen LogP contribution is -2.37. The lowest BCUT2D eigenvalue weighted by Gasteiger charge is -2.19. The van der Waals surface area contributed by atoms with Gasteiger partial charge in [-0.1, -0.05) is 0 Å². The predicted molar refractivity (Wildman–Crippen MR) is 68.1 cm³/mol. The number of hydrogen-bond donors (Lipinski definition) is 0. The van der Waals surface area contributed by atoms with Crippen molar-refractivity contribution < 1.29 is 13.4 Å². The second kappa shape index (κ2) is 5.61. The lowest BCUT2D eigenvalue weighted by molar-refractivity contribution is -0.129. The number of rotatable bonds is 3. The Kier molecular flexibility index (Phi) is 4.11. The van der Waals surface area contributed by atoms with Crippen molar-refractivity contribution in [2.45, 2.75) is 29.9 Å². The van der Waals surface area contributed by atoms with Gasteiger partial charge in [-0.2, -0.15) is 0 Å². The molecule has 2 rings (SSSR count). The fraction of sp³-hybridized carbons (Fsp3) is 0.462. The summed E-state index contributed by atoms with van der Waals surface area (Å²) in [6.45, 7) is 3.17. The van der Waals surface area contributed by atoms with Crippen LogP contribution in [0.3, 0.4) is 0 Å². The van der Waals surface area contributed by atoms with Crippen molar-refractivity contribution >= 4 is 16.7 Å². The molecule has 5 heteroatoms. The van der Waals surface area contributed by atoms with Crippen LogP contribution in [0.1, 0.15) is 19.8 Å². The van der Waals surface area contributed by atoms with Gasteiger partial charge in [0.15, 0.2) is 0 Å². The molecular formula is C13H16FNO2S. The normalized spacial score (nSPS) is 18.7. The van der Waals surface area contributed by atoms with E-state index in [0.717, 1.165) is 25.9 Å². The highest BCUT2D eigenvalue weighted by Crippen LogP contribution is 2.16. The van der Waals surface area contributed by atoms with E-state index in [2.05, 4.69) is 0 Å². The van der Waals surface area contributed by atoms with Crippen molar-refractivity contribution in [3.05, 3.63) is 30.1 Å². The Balaban J connectivity index is 2.08. The number of halogens is 1. The highest BCUT2D eigenvalue weighted by molar-refractivity contribution is 7.86. The number of hydrogen-bond acceptors (Lipinski definition) is 2. The van der Waals surface area contributed by atoms with Gasteiger partial charge < -0.3 is 4.90 Å². The summed E-state index contributed by atoms with van der Waals surface area (Å²) >= 11 is 0. The van der Waals surface area contributed by atoms with Crippen LogP contribution in [0.2, 0.25) is 0 Å². The van der Waals surface area contributed by atoms with E-state index in [0.29, 0.717) is 4.90 Å². The minimum absolute atomic E-state index is 0.0739. The third kappa shape index (κ3) is 2.77. The van der Waals surface area contributed by atoms with Gasteiger partial charge in [0.1, 0.15) is 11.1 Å². The largest absolute Gasteiger partial charge is 0.342 e. The molecule has 2 unspecified atom stereocenters. The maximum atomic E-state index is 12.8. The number of benzene rings is 1. The van der Waals surface area contributed by atoms with Crippen LogP contribution in [0.25, 0.3) is 0 Å². The summed E-state index contributed by atoms with van der Waals surface area (Å²) in [6.07, 6.45) is 2.03. The Morgan fingerprint density at radius 3 is 2.39 bits per heavy atom. The SMILES string of the molecule is CC(C(=O)N1CCCC1)S(=O)c1ccc(F)cc1. The van der Waals surface area contributed by atoms with E-state index in [4.69, 9.17) is 0 Å². The standard InChI is InChI=1S/C13H16FNO2S/c1-10(13(16)15-8-2-3-9-15)18(17)12-6-4-11(14)5-7-12/h4-7,10H,2-3,8-9H2,1H3. The summed E-state index contributed by atoms with van der Waals surface area (Å²) in [6, 6.07) is 5.47. The molecule has 0 radical (unpaired) electrons. The van der Waals surface area contributed by atoms with Crippen LogP contribution in [-0.4, -0.2) is 33.4 Å². The van der Waals surface area contributed by atoms with E-state index in [9.17, 15) is 13.4 Å². The molecule has 1 aromatic rings. The van der Waals surface area contributed by atoms with Gasteiger partial charge in [-0.25, -0.2) is 4.39 Å². The molecule has 0 N–H and O–H groups in total. The first-order valence-electron chi connectivity index (χ1n) is 6.04. The molecule has 1 saturated heterocycles. The number of likely N-dealkylation sites (tertiary alicyclic amines) is 1. The predicted octanol–water partition coefficient (Wildman–Crippen LogP) is 1.94. The van der Waals surface area contributed by atoms with E-state index in [1.807, 2.05) is 0 Å². The first-order valence-corrected chi connectivity index (χ1v) is 7.26. The van der Waals surface area contributed by atoms with Crippen molar-refractivity contribution in [2.75, 3.05) is 13.1 Å². The molecule has 1 aromatic carbocycles. The average Bonchev–Trinajstić information content (AvgIpc) is 2.91. The summed E-state index contributed by atoms with van der Waals surface area (Å²) in [4.78, 5) is 14.3. The van der Waals surface area contributed by atoms with Gasteiger partial charge in [-0.05, 0) is 44.0 Å². The topological polar surface area (TPSA) is 37.4 Å². The highest BCUT2D eigenvalue weighted by Gasteiger charge is 2.27. The van der Waals surface area contributed by atoms with Gasteiger partial charge in [-0.15, -0.1) is 0 Å². The molecule has 0 aliphatic carbocycles. The number of nitrogens with zero attached hydrogens (tertiary/aromatic N) is 1. The Morgan fingerprint density at radius 2 is 1.83 bits per heavy atom. The third-order valence-corrected chi connectivity index (χ3v) is 4.71. The van der Waals surface area contributed by atoms with Crippen LogP contribution < -0.4 is 0 Å². The third-order valence-electron chi connectivity index (χ3n) is 3.13. The molecule has 0 bridgehead atoms. The van der Waals surface area contributed by atoms with Gasteiger partial charge in [0.2, 0.25) is 5.91 Å². The molecular weight excluding hydrogens is 253 g/mol. The van der Waals surface area contributed by atoms with Crippen molar-refractivity contribution in [2.24, 2.45) is 0 Å². The Hall–Kier alpha value is -1.23. The van der Waals surface area contributed by atoms with E-state index in [1.165, 1.54) is 24.3 Å². The fourth-order valence-corrected chi connectivity index (χ4v) is 3.20. The van der Waals surface area contributed by atoms with E-state index in [-0.39, 0.29) is 11.7 Å². The highest BCUT2D eigenvalue weighted by atomic mass is 32.2. The zero-order valence-electron chi connectivity index (χ0n) is 10.3. The number of carbonyl (C=O) groups is 1. The van der Waals surface area contributed by atoms with E-state index < -0.39 is 16.0 Å². The number of amides is 1. The van der Waals surface area contributed by atoms with Crippen LogP contribution in [0.4, 0.5) is 4.39 Å². The molecule has 98 valence electrons. The Morgan fingerprint density at radius 1 is 1.28 bits per heavy atom. The first kappa shape index (κ1) is 13.2. The van der Waals surface area contributed by atoms with Gasteiger partial charge in [0, 0.05) is 18.0 Å². The molecule has 1 amide bonds. The molecule has 0 aromatic heterocycles. The van der Waals surface area contributed by atoms with Crippen LogP contribution in [0, 0.1) is 5.82 Å². The minimum atomic E-state index is -1.42. The zero-order chi connectivity index (χ0) is 13.1. The van der Waals surface area contributed by atoms with E-state index >= 15 is 0 Å². The Labute approximate surface area is 108 Å². The lowest BCUT2D eigenvalue weighted by atomic mass is 10.3. The summed E-state index contributed by atoms with van der Waals surface area (Å²) < 4.78 is 25.0. The Bertz CT molecular complexity index is 455. The second-order valence-corrected chi connectivity index (χ2v) is 6.20.